The fourth-order valence-corrected chi connectivity index (χ4v) is 3.66. The Morgan fingerprint density at radius 3 is 2.52 bits per heavy atom. The summed E-state index contributed by atoms with van der Waals surface area (Å²) in [7, 11) is 1.20. The van der Waals surface area contributed by atoms with Gasteiger partial charge < -0.3 is 9.30 Å². The lowest BCUT2D eigenvalue weighted by Gasteiger charge is -2.03. The molecule has 0 radical (unpaired) electrons. The SMILES string of the molecule is COC(=O)Cn1c(=NC(=O)C=Cc2cccc([N+](=O)[O-])c2)sc2ccc([N+](=O)[O-])cc21. The van der Waals surface area contributed by atoms with Crippen LogP contribution in [0.4, 0.5) is 11.4 Å². The van der Waals surface area contributed by atoms with E-state index < -0.39 is 21.7 Å². The molecule has 0 spiro atoms. The number of fused-ring (bicyclic) bond motifs is 1. The van der Waals surface area contributed by atoms with Gasteiger partial charge in [-0.05, 0) is 17.7 Å². The predicted molar refractivity (Wildman–Crippen MR) is 111 cm³/mol. The van der Waals surface area contributed by atoms with Crippen LogP contribution in [0.3, 0.4) is 0 Å². The van der Waals surface area contributed by atoms with Gasteiger partial charge in [-0.3, -0.25) is 29.8 Å². The molecule has 3 aromatic rings. The monoisotopic (exact) mass is 442 g/mol. The van der Waals surface area contributed by atoms with Crippen molar-refractivity contribution in [2.75, 3.05) is 7.11 Å². The highest BCUT2D eigenvalue weighted by Gasteiger charge is 2.15. The zero-order valence-electron chi connectivity index (χ0n) is 16.0. The molecule has 0 saturated carbocycles. The van der Waals surface area contributed by atoms with Gasteiger partial charge in [-0.25, -0.2) is 0 Å². The zero-order valence-corrected chi connectivity index (χ0v) is 16.8. The van der Waals surface area contributed by atoms with Crippen LogP contribution in [0.1, 0.15) is 5.56 Å². The molecule has 11 nitrogen and oxygen atoms in total. The van der Waals surface area contributed by atoms with Gasteiger partial charge in [-0.2, -0.15) is 4.99 Å². The number of nitro groups is 2. The first-order valence-corrected chi connectivity index (χ1v) is 9.46. The molecule has 1 aromatic heterocycles. The van der Waals surface area contributed by atoms with Crippen molar-refractivity contribution in [2.45, 2.75) is 6.54 Å². The number of aromatic nitrogens is 1. The Labute approximate surface area is 177 Å². The molecule has 0 N–H and O–H groups in total. The van der Waals surface area contributed by atoms with Gasteiger partial charge in [-0.1, -0.05) is 23.5 Å². The lowest BCUT2D eigenvalue weighted by molar-refractivity contribution is -0.385. The normalized spacial score (nSPS) is 11.7. The fourth-order valence-electron chi connectivity index (χ4n) is 2.64. The molecule has 158 valence electrons. The molecule has 1 amide bonds. The van der Waals surface area contributed by atoms with Crippen LogP contribution in [-0.4, -0.2) is 33.4 Å². The van der Waals surface area contributed by atoms with Crippen LogP contribution in [-0.2, 0) is 20.9 Å². The van der Waals surface area contributed by atoms with Crippen molar-refractivity contribution in [2.24, 2.45) is 4.99 Å². The summed E-state index contributed by atoms with van der Waals surface area (Å²) in [6, 6.07) is 9.82. The topological polar surface area (TPSA) is 147 Å². The van der Waals surface area contributed by atoms with E-state index in [0.717, 1.165) is 17.4 Å². The summed E-state index contributed by atoms with van der Waals surface area (Å²) in [6.45, 7) is -0.293. The number of amides is 1. The van der Waals surface area contributed by atoms with Gasteiger partial charge in [0.1, 0.15) is 6.54 Å². The van der Waals surface area contributed by atoms with Crippen LogP contribution in [0, 0.1) is 20.2 Å². The Balaban J connectivity index is 2.01. The van der Waals surface area contributed by atoms with E-state index in [1.807, 2.05) is 0 Å². The molecule has 0 fully saturated rings. The largest absolute Gasteiger partial charge is 0.468 e. The van der Waals surface area contributed by atoms with E-state index in [4.69, 9.17) is 0 Å². The number of methoxy groups -OCH3 is 1. The van der Waals surface area contributed by atoms with Gasteiger partial charge in [0.15, 0.2) is 4.80 Å². The highest BCUT2D eigenvalue weighted by atomic mass is 32.1. The molecule has 0 aliphatic heterocycles. The number of carbonyl (C=O) groups excluding carboxylic acids is 2. The Morgan fingerprint density at radius 2 is 1.84 bits per heavy atom. The Hall–Kier alpha value is -4.19. The van der Waals surface area contributed by atoms with E-state index in [1.165, 1.54) is 54.2 Å². The summed E-state index contributed by atoms with van der Waals surface area (Å²) in [4.78, 5) is 49.1. The number of carbonyl (C=O) groups is 2. The number of thiazole rings is 1. The number of benzene rings is 2. The van der Waals surface area contributed by atoms with Gasteiger partial charge >= 0.3 is 5.97 Å². The van der Waals surface area contributed by atoms with Gasteiger partial charge in [0.25, 0.3) is 17.3 Å². The Kier molecular flexibility index (Phi) is 6.31. The fraction of sp³-hybridized carbons (Fsp3) is 0.105. The number of hydrogen-bond donors (Lipinski definition) is 0. The highest BCUT2D eigenvalue weighted by Crippen LogP contribution is 2.23. The summed E-state index contributed by atoms with van der Waals surface area (Å²) in [5.74, 6) is -1.29. The maximum atomic E-state index is 12.3. The summed E-state index contributed by atoms with van der Waals surface area (Å²) < 4.78 is 6.61. The van der Waals surface area contributed by atoms with Crippen LogP contribution >= 0.6 is 11.3 Å². The molecule has 0 atom stereocenters. The average molecular weight is 442 g/mol. The van der Waals surface area contributed by atoms with Gasteiger partial charge in [0.2, 0.25) is 0 Å². The van der Waals surface area contributed by atoms with E-state index in [9.17, 15) is 29.8 Å². The van der Waals surface area contributed by atoms with Crippen LogP contribution in [0.5, 0.6) is 0 Å². The number of nitro benzene ring substituents is 2. The summed E-state index contributed by atoms with van der Waals surface area (Å²) in [6.07, 6.45) is 2.51. The molecule has 3 rings (SSSR count). The number of nitrogens with zero attached hydrogens (tertiary/aromatic N) is 4. The molecular formula is C19H14N4O7S. The molecular weight excluding hydrogens is 428 g/mol. The second-order valence-electron chi connectivity index (χ2n) is 6.09. The predicted octanol–water partition coefficient (Wildman–Crippen LogP) is 2.83. The van der Waals surface area contributed by atoms with E-state index in [1.54, 1.807) is 6.07 Å². The molecule has 0 aliphatic rings. The van der Waals surface area contributed by atoms with Crippen molar-refractivity contribution in [3.63, 3.8) is 0 Å². The van der Waals surface area contributed by atoms with Crippen molar-refractivity contribution in [3.8, 4) is 0 Å². The molecule has 12 heteroatoms. The summed E-state index contributed by atoms with van der Waals surface area (Å²) in [5.41, 5.74) is 0.506. The van der Waals surface area contributed by atoms with Crippen molar-refractivity contribution in [1.82, 2.24) is 4.57 Å². The molecule has 0 bridgehead atoms. The third-order valence-electron chi connectivity index (χ3n) is 4.10. The van der Waals surface area contributed by atoms with Crippen molar-refractivity contribution < 1.29 is 24.2 Å². The van der Waals surface area contributed by atoms with Gasteiger partial charge in [-0.15, -0.1) is 0 Å². The van der Waals surface area contributed by atoms with Crippen molar-refractivity contribution in [1.29, 1.82) is 0 Å². The first kappa shape index (κ1) is 21.5. The second kappa shape index (κ2) is 9.09. The minimum Gasteiger partial charge on any atom is -0.468 e. The Morgan fingerprint density at radius 1 is 1.13 bits per heavy atom. The molecule has 0 aliphatic carbocycles. The third kappa shape index (κ3) is 5.05. The molecule has 31 heavy (non-hydrogen) atoms. The average Bonchev–Trinajstić information content (AvgIpc) is 3.08. The number of hydrogen-bond acceptors (Lipinski definition) is 8. The first-order valence-electron chi connectivity index (χ1n) is 8.64. The zero-order chi connectivity index (χ0) is 22.5. The molecule has 0 unspecified atom stereocenters. The van der Waals surface area contributed by atoms with Gasteiger partial charge in [0.05, 0.1) is 27.2 Å². The quantitative estimate of drug-likeness (QED) is 0.247. The van der Waals surface area contributed by atoms with Crippen molar-refractivity contribution >= 4 is 50.9 Å². The van der Waals surface area contributed by atoms with E-state index in [0.29, 0.717) is 15.8 Å². The lowest BCUT2D eigenvalue weighted by Crippen LogP contribution is -2.22. The number of rotatable bonds is 6. The van der Waals surface area contributed by atoms with Crippen LogP contribution in [0.25, 0.3) is 16.3 Å². The molecule has 0 saturated heterocycles. The van der Waals surface area contributed by atoms with Crippen LogP contribution in [0.15, 0.2) is 53.5 Å². The van der Waals surface area contributed by atoms with Gasteiger partial charge in [0, 0.05) is 30.3 Å². The van der Waals surface area contributed by atoms with E-state index >= 15 is 0 Å². The van der Waals surface area contributed by atoms with Crippen molar-refractivity contribution in [3.05, 3.63) is 79.1 Å². The first-order chi connectivity index (χ1) is 14.8. The maximum absolute atomic E-state index is 12.3. The number of ether oxygens (including phenoxy) is 1. The number of esters is 1. The minimum absolute atomic E-state index is 0.117. The van der Waals surface area contributed by atoms with E-state index in [2.05, 4.69) is 9.73 Å². The van der Waals surface area contributed by atoms with E-state index in [-0.39, 0.29) is 22.7 Å². The standard InChI is InChI=1S/C19H14N4O7S/c1-30-18(25)11-21-15-10-14(23(28)29)6-7-16(15)31-19(21)20-17(24)8-5-12-3-2-4-13(9-12)22(26)27/h2-10H,11H2,1H3. The Bertz CT molecular complexity index is 1310. The third-order valence-corrected chi connectivity index (χ3v) is 5.16. The molecule has 2 aromatic carbocycles. The highest BCUT2D eigenvalue weighted by molar-refractivity contribution is 7.16. The summed E-state index contributed by atoms with van der Waals surface area (Å²) >= 11 is 1.08. The second-order valence-corrected chi connectivity index (χ2v) is 7.10. The minimum atomic E-state index is -0.675. The maximum Gasteiger partial charge on any atom is 0.325 e. The number of non-ortho nitro benzene ring substituents is 2. The lowest BCUT2D eigenvalue weighted by atomic mass is 10.2. The van der Waals surface area contributed by atoms with Crippen LogP contribution < -0.4 is 4.80 Å². The smallest absolute Gasteiger partial charge is 0.325 e. The van der Waals surface area contributed by atoms with Crippen LogP contribution in [0.2, 0.25) is 0 Å². The summed E-state index contributed by atoms with van der Waals surface area (Å²) in [5, 5.41) is 21.9. The molecule has 1 heterocycles.